The Morgan fingerprint density at radius 1 is 1.00 bits per heavy atom. The molecule has 2 N–H and O–H groups in total. The summed E-state index contributed by atoms with van der Waals surface area (Å²) in [7, 11) is 0. The summed E-state index contributed by atoms with van der Waals surface area (Å²) in [4.78, 5) is 14.8. The zero-order chi connectivity index (χ0) is 14.2. The van der Waals surface area contributed by atoms with Crippen LogP contribution in [0.2, 0.25) is 0 Å². The van der Waals surface area contributed by atoms with Gasteiger partial charge in [-0.1, -0.05) is 12.1 Å². The Balaban J connectivity index is 1.84. The second-order valence-corrected chi connectivity index (χ2v) is 4.88. The summed E-state index contributed by atoms with van der Waals surface area (Å²) in [5.74, 6) is 0. The Kier molecular flexibility index (Phi) is 2.54. The summed E-state index contributed by atoms with van der Waals surface area (Å²) >= 11 is 0. The monoisotopic (exact) mass is 276 g/mol. The van der Waals surface area contributed by atoms with Gasteiger partial charge in [0.1, 0.15) is 5.58 Å². The van der Waals surface area contributed by atoms with Crippen molar-refractivity contribution in [2.75, 3.05) is 5.32 Å². The number of hydrogen-bond donors (Lipinski definition) is 2. The number of fused-ring (bicyclic) bond motifs is 2. The van der Waals surface area contributed by atoms with Gasteiger partial charge in [0.25, 0.3) is 0 Å². The Labute approximate surface area is 120 Å². The van der Waals surface area contributed by atoms with Crippen molar-refractivity contribution in [1.29, 1.82) is 0 Å². The molecule has 0 unspecified atom stereocenters. The van der Waals surface area contributed by atoms with Crippen LogP contribution in [-0.4, -0.2) is 4.98 Å². The molecule has 0 atom stereocenters. The van der Waals surface area contributed by atoms with Crippen LogP contribution in [0.15, 0.2) is 70.0 Å². The van der Waals surface area contributed by atoms with Gasteiger partial charge >= 0.3 is 5.63 Å². The molecule has 4 rings (SSSR count). The smallest absolute Gasteiger partial charge is 0.338 e. The van der Waals surface area contributed by atoms with Crippen molar-refractivity contribution in [3.8, 4) is 0 Å². The molecule has 0 aliphatic heterocycles. The lowest BCUT2D eigenvalue weighted by atomic mass is 10.2. The van der Waals surface area contributed by atoms with Crippen LogP contribution in [0.1, 0.15) is 0 Å². The van der Waals surface area contributed by atoms with Crippen molar-refractivity contribution in [1.82, 2.24) is 4.98 Å². The zero-order valence-electron chi connectivity index (χ0n) is 11.1. The first kappa shape index (κ1) is 11.8. The fourth-order valence-electron chi connectivity index (χ4n) is 2.50. The van der Waals surface area contributed by atoms with Crippen LogP contribution < -0.4 is 10.9 Å². The summed E-state index contributed by atoms with van der Waals surface area (Å²) in [6.45, 7) is 0. The van der Waals surface area contributed by atoms with E-state index in [0.29, 0.717) is 5.58 Å². The highest BCUT2D eigenvalue weighted by Crippen LogP contribution is 2.26. The standard InChI is InChI=1S/C17H12N2O2/c20-17-10-15(13-3-1-2-4-16(13)21-17)19-12-5-6-14-11(9-12)7-8-18-14/h1-10,18-19H. The molecule has 0 saturated carbocycles. The average Bonchev–Trinajstić information content (AvgIpc) is 2.94. The molecule has 102 valence electrons. The van der Waals surface area contributed by atoms with Gasteiger partial charge < -0.3 is 14.7 Å². The normalized spacial score (nSPS) is 11.0. The summed E-state index contributed by atoms with van der Waals surface area (Å²) < 4.78 is 5.20. The topological polar surface area (TPSA) is 58.0 Å². The van der Waals surface area contributed by atoms with Crippen LogP contribution in [0.4, 0.5) is 11.4 Å². The molecular formula is C17H12N2O2. The number of H-pyrrole nitrogens is 1. The molecule has 2 aromatic carbocycles. The number of benzene rings is 2. The van der Waals surface area contributed by atoms with Gasteiger partial charge in [-0.05, 0) is 36.4 Å². The van der Waals surface area contributed by atoms with Crippen LogP contribution >= 0.6 is 0 Å². The van der Waals surface area contributed by atoms with Crippen molar-refractivity contribution in [3.63, 3.8) is 0 Å². The second-order valence-electron chi connectivity index (χ2n) is 4.88. The third-order valence-corrected chi connectivity index (χ3v) is 3.48. The first-order chi connectivity index (χ1) is 10.3. The van der Waals surface area contributed by atoms with Gasteiger partial charge in [-0.2, -0.15) is 0 Å². The maximum Gasteiger partial charge on any atom is 0.338 e. The average molecular weight is 276 g/mol. The van der Waals surface area contributed by atoms with Gasteiger partial charge in [0.15, 0.2) is 0 Å². The van der Waals surface area contributed by atoms with Crippen molar-refractivity contribution in [2.24, 2.45) is 0 Å². The molecule has 0 spiro atoms. The van der Waals surface area contributed by atoms with Crippen molar-refractivity contribution in [2.45, 2.75) is 0 Å². The minimum atomic E-state index is -0.362. The maximum absolute atomic E-state index is 11.7. The first-order valence-electron chi connectivity index (χ1n) is 6.67. The Hall–Kier alpha value is -3.01. The molecule has 4 heteroatoms. The first-order valence-corrected chi connectivity index (χ1v) is 6.67. The number of hydrogen-bond acceptors (Lipinski definition) is 3. The predicted molar refractivity (Wildman–Crippen MR) is 84.1 cm³/mol. The van der Waals surface area contributed by atoms with E-state index >= 15 is 0 Å². The highest BCUT2D eigenvalue weighted by Gasteiger charge is 2.05. The molecular weight excluding hydrogens is 264 g/mol. The largest absolute Gasteiger partial charge is 0.423 e. The fraction of sp³-hybridized carbons (Fsp3) is 0. The molecule has 2 aromatic heterocycles. The number of aromatic nitrogens is 1. The van der Waals surface area contributed by atoms with Gasteiger partial charge in [0.05, 0.1) is 5.69 Å². The SMILES string of the molecule is O=c1cc(Nc2ccc3[nH]ccc3c2)c2ccccc2o1. The Morgan fingerprint density at radius 2 is 1.90 bits per heavy atom. The van der Waals surface area contributed by atoms with Gasteiger partial charge in [-0.15, -0.1) is 0 Å². The number of anilines is 2. The van der Waals surface area contributed by atoms with Gasteiger partial charge in [0.2, 0.25) is 0 Å². The van der Waals surface area contributed by atoms with Crippen LogP contribution in [0.25, 0.3) is 21.9 Å². The van der Waals surface area contributed by atoms with Gasteiger partial charge in [0, 0.05) is 34.2 Å². The van der Waals surface area contributed by atoms with E-state index in [0.717, 1.165) is 27.7 Å². The van der Waals surface area contributed by atoms with Crippen LogP contribution in [0.3, 0.4) is 0 Å². The number of para-hydroxylation sites is 1. The molecule has 0 aliphatic carbocycles. The van der Waals surface area contributed by atoms with E-state index in [1.165, 1.54) is 6.07 Å². The van der Waals surface area contributed by atoms with E-state index in [4.69, 9.17) is 4.42 Å². The summed E-state index contributed by atoms with van der Waals surface area (Å²) in [6, 6.07) is 17.0. The minimum Gasteiger partial charge on any atom is -0.423 e. The van der Waals surface area contributed by atoms with E-state index in [9.17, 15) is 4.79 Å². The molecule has 0 amide bonds. The molecule has 0 fully saturated rings. The zero-order valence-corrected chi connectivity index (χ0v) is 11.1. The number of aromatic amines is 1. The van der Waals surface area contributed by atoms with E-state index in [-0.39, 0.29) is 5.63 Å². The minimum absolute atomic E-state index is 0.362. The molecule has 4 aromatic rings. The van der Waals surface area contributed by atoms with E-state index in [1.54, 1.807) is 6.07 Å². The van der Waals surface area contributed by atoms with Crippen LogP contribution in [-0.2, 0) is 0 Å². The predicted octanol–water partition coefficient (Wildman–Crippen LogP) is 4.02. The van der Waals surface area contributed by atoms with E-state index in [1.807, 2.05) is 48.7 Å². The van der Waals surface area contributed by atoms with Crippen molar-refractivity contribution in [3.05, 3.63) is 71.2 Å². The van der Waals surface area contributed by atoms with E-state index < -0.39 is 0 Å². The van der Waals surface area contributed by atoms with Crippen molar-refractivity contribution < 1.29 is 4.42 Å². The molecule has 4 nitrogen and oxygen atoms in total. The third-order valence-electron chi connectivity index (χ3n) is 3.48. The van der Waals surface area contributed by atoms with Gasteiger partial charge in [-0.25, -0.2) is 4.79 Å². The molecule has 0 aliphatic rings. The fourth-order valence-corrected chi connectivity index (χ4v) is 2.50. The highest BCUT2D eigenvalue weighted by atomic mass is 16.4. The summed E-state index contributed by atoms with van der Waals surface area (Å²) in [6.07, 6.45) is 1.90. The van der Waals surface area contributed by atoms with Gasteiger partial charge in [-0.3, -0.25) is 0 Å². The quantitative estimate of drug-likeness (QED) is 0.544. The molecule has 0 bridgehead atoms. The lowest BCUT2D eigenvalue weighted by Crippen LogP contribution is -2.00. The van der Waals surface area contributed by atoms with Crippen LogP contribution in [0.5, 0.6) is 0 Å². The molecule has 0 radical (unpaired) electrons. The summed E-state index contributed by atoms with van der Waals surface area (Å²) in [5.41, 5.74) is 2.97. The molecule has 2 heterocycles. The van der Waals surface area contributed by atoms with Crippen LogP contribution in [0, 0.1) is 0 Å². The number of nitrogens with one attached hydrogen (secondary N) is 2. The second kappa shape index (κ2) is 4.52. The lowest BCUT2D eigenvalue weighted by Gasteiger charge is -2.09. The molecule has 21 heavy (non-hydrogen) atoms. The number of rotatable bonds is 2. The summed E-state index contributed by atoms with van der Waals surface area (Å²) in [5, 5.41) is 5.29. The maximum atomic E-state index is 11.7. The Morgan fingerprint density at radius 3 is 2.86 bits per heavy atom. The van der Waals surface area contributed by atoms with E-state index in [2.05, 4.69) is 10.3 Å². The molecule has 0 saturated heterocycles. The lowest BCUT2D eigenvalue weighted by molar-refractivity contribution is 0.561. The van der Waals surface area contributed by atoms with Crippen molar-refractivity contribution >= 4 is 33.2 Å². The Bertz CT molecular complexity index is 998. The highest BCUT2D eigenvalue weighted by molar-refractivity contribution is 5.92. The third kappa shape index (κ3) is 2.07.